The van der Waals surface area contributed by atoms with Crippen LogP contribution < -0.4 is 0 Å². The van der Waals surface area contributed by atoms with E-state index in [0.717, 1.165) is 5.56 Å². The molecule has 0 spiro atoms. The van der Waals surface area contributed by atoms with E-state index in [1.54, 1.807) is 0 Å². The van der Waals surface area contributed by atoms with E-state index in [9.17, 15) is 19.5 Å². The number of Topliss-reactive ketones (excluding diaryl/α,β-unsaturated/α-hetero) is 2. The molecule has 8 heteroatoms. The number of aliphatic imine (C=N–C) groups is 1. The lowest BCUT2D eigenvalue weighted by atomic mass is 9.76. The number of hydrogen-bond donors (Lipinski definition) is 2. The summed E-state index contributed by atoms with van der Waals surface area (Å²) in [6.07, 6.45) is 1.85. The Balaban J connectivity index is 1.58. The minimum Gasteiger partial charge on any atom is -0.511 e. The average molecular weight is 465 g/mol. The molecule has 1 heterocycles. The molecular weight excluding hydrogens is 436 g/mol. The van der Waals surface area contributed by atoms with Crippen molar-refractivity contribution in [2.24, 2.45) is 10.4 Å². The van der Waals surface area contributed by atoms with Crippen molar-refractivity contribution in [1.82, 2.24) is 5.16 Å². The van der Waals surface area contributed by atoms with E-state index >= 15 is 0 Å². The van der Waals surface area contributed by atoms with E-state index in [1.807, 2.05) is 44.2 Å². The molecule has 1 fully saturated rings. The van der Waals surface area contributed by atoms with Gasteiger partial charge in [0.1, 0.15) is 18.1 Å². The number of carbonyl (C=O) groups is 3. The molecule has 0 radical (unpaired) electrons. The molecule has 4 rings (SSSR count). The van der Waals surface area contributed by atoms with Gasteiger partial charge in [-0.2, -0.15) is 0 Å². The van der Waals surface area contributed by atoms with E-state index in [0.29, 0.717) is 42.0 Å². The van der Waals surface area contributed by atoms with Crippen molar-refractivity contribution in [3.05, 3.63) is 64.2 Å². The molecule has 1 unspecified atom stereocenters. The summed E-state index contributed by atoms with van der Waals surface area (Å²) in [5.74, 6) is -1.16. The Kier molecular flexibility index (Phi) is 6.50. The van der Waals surface area contributed by atoms with Gasteiger partial charge in [-0.05, 0) is 23.3 Å². The maximum Gasteiger partial charge on any atom is 0.325 e. The highest BCUT2D eigenvalue weighted by Gasteiger charge is 2.37. The number of carboxylic acids is 1. The normalized spacial score (nSPS) is 22.5. The van der Waals surface area contributed by atoms with Crippen LogP contribution in [0.1, 0.15) is 72.8 Å². The molecule has 2 N–H and O–H groups in total. The van der Waals surface area contributed by atoms with Gasteiger partial charge in [-0.15, -0.1) is 0 Å². The zero-order chi connectivity index (χ0) is 24.5. The summed E-state index contributed by atoms with van der Waals surface area (Å²) in [5.41, 5.74) is 2.11. The van der Waals surface area contributed by atoms with Gasteiger partial charge in [-0.25, -0.2) is 0 Å². The van der Waals surface area contributed by atoms with Crippen LogP contribution in [0.4, 0.5) is 0 Å². The van der Waals surface area contributed by atoms with Crippen LogP contribution >= 0.6 is 0 Å². The first-order chi connectivity index (χ1) is 16.1. The number of aromatic nitrogens is 1. The van der Waals surface area contributed by atoms with Crippen molar-refractivity contribution in [1.29, 1.82) is 0 Å². The van der Waals surface area contributed by atoms with Gasteiger partial charge in [0, 0.05) is 32.1 Å². The summed E-state index contributed by atoms with van der Waals surface area (Å²) in [4.78, 5) is 41.0. The molecule has 178 valence electrons. The number of allylic oxidation sites excluding steroid dienone is 2. The Morgan fingerprint density at radius 1 is 1.12 bits per heavy atom. The Morgan fingerprint density at radius 3 is 2.56 bits per heavy atom. The molecule has 0 amide bonds. The highest BCUT2D eigenvalue weighted by molar-refractivity contribution is 6.25. The lowest BCUT2D eigenvalue weighted by molar-refractivity contribution is -0.135. The molecule has 2 aliphatic rings. The number of aryl methyl sites for hydroxylation is 1. The zero-order valence-corrected chi connectivity index (χ0v) is 19.3. The van der Waals surface area contributed by atoms with Gasteiger partial charge in [-0.3, -0.25) is 19.4 Å². The quantitative estimate of drug-likeness (QED) is 0.483. The van der Waals surface area contributed by atoms with Gasteiger partial charge in [-0.1, -0.05) is 49.3 Å². The highest BCUT2D eigenvalue weighted by Crippen LogP contribution is 2.37. The number of benzene rings is 1. The number of carboxylic acid groups (broad SMARTS) is 1. The van der Waals surface area contributed by atoms with Crippen LogP contribution in [0.15, 0.2) is 51.2 Å². The number of ketones is 2. The maximum absolute atomic E-state index is 13.1. The summed E-state index contributed by atoms with van der Waals surface area (Å²) in [6, 6.07) is 9.51. The van der Waals surface area contributed by atoms with Gasteiger partial charge in [0.2, 0.25) is 0 Å². The van der Waals surface area contributed by atoms with Crippen LogP contribution in [0.25, 0.3) is 0 Å². The molecular formula is C26H28N2O6. The summed E-state index contributed by atoms with van der Waals surface area (Å²) >= 11 is 0. The van der Waals surface area contributed by atoms with Crippen molar-refractivity contribution in [2.75, 3.05) is 6.54 Å². The molecule has 2 aromatic rings. The lowest BCUT2D eigenvalue weighted by Gasteiger charge is -2.27. The minimum atomic E-state index is -1.11. The fraction of sp³-hybridized carbons (Fsp3) is 0.423. The predicted molar refractivity (Wildman–Crippen MR) is 124 cm³/mol. The van der Waals surface area contributed by atoms with Gasteiger partial charge in [0.05, 0.1) is 22.5 Å². The van der Waals surface area contributed by atoms with E-state index in [1.165, 1.54) is 0 Å². The molecule has 8 nitrogen and oxygen atoms in total. The number of aliphatic carboxylic acids is 1. The number of aliphatic hydroxyl groups excluding tert-OH is 1. The van der Waals surface area contributed by atoms with Crippen LogP contribution in [0.2, 0.25) is 0 Å². The molecule has 1 aromatic heterocycles. The van der Waals surface area contributed by atoms with Gasteiger partial charge < -0.3 is 14.7 Å². The Labute approximate surface area is 197 Å². The van der Waals surface area contributed by atoms with Crippen molar-refractivity contribution in [3.8, 4) is 0 Å². The molecule has 1 atom stereocenters. The smallest absolute Gasteiger partial charge is 0.325 e. The fourth-order valence-electron chi connectivity index (χ4n) is 4.84. The standard InChI is InChI=1S/C26H28N2O6/c1-26(2)12-21(31)25-17(28-34-22(25)13-26)8-9-19(29)24-18(27-14-23(32)33)10-16(11-20(24)30)15-6-4-3-5-7-15/h3-7,16,29H,8-14H2,1-2H3,(H,32,33). The van der Waals surface area contributed by atoms with E-state index in [4.69, 9.17) is 9.63 Å². The first-order valence-electron chi connectivity index (χ1n) is 11.4. The van der Waals surface area contributed by atoms with Crippen LogP contribution in [-0.2, 0) is 22.4 Å². The molecule has 0 bridgehead atoms. The largest absolute Gasteiger partial charge is 0.511 e. The second kappa shape index (κ2) is 9.37. The monoisotopic (exact) mass is 464 g/mol. The number of nitrogens with zero attached hydrogens (tertiary/aromatic N) is 2. The van der Waals surface area contributed by atoms with Crippen molar-refractivity contribution in [3.63, 3.8) is 0 Å². The average Bonchev–Trinajstić information content (AvgIpc) is 3.18. The van der Waals surface area contributed by atoms with E-state index < -0.39 is 12.5 Å². The number of aliphatic hydroxyl groups is 1. The Hall–Kier alpha value is -3.55. The van der Waals surface area contributed by atoms with Crippen molar-refractivity contribution < 1.29 is 29.1 Å². The van der Waals surface area contributed by atoms with Gasteiger partial charge in [0.25, 0.3) is 0 Å². The van der Waals surface area contributed by atoms with Crippen LogP contribution in [-0.4, -0.2) is 45.2 Å². The summed E-state index contributed by atoms with van der Waals surface area (Å²) in [6.45, 7) is 3.52. The second-order valence-electron chi connectivity index (χ2n) is 9.79. The van der Waals surface area contributed by atoms with E-state index in [-0.39, 0.29) is 53.5 Å². The van der Waals surface area contributed by atoms with E-state index in [2.05, 4.69) is 10.1 Å². The first kappa shape index (κ1) is 23.6. The van der Waals surface area contributed by atoms with Crippen LogP contribution in [0.5, 0.6) is 0 Å². The van der Waals surface area contributed by atoms with Crippen molar-refractivity contribution in [2.45, 2.75) is 58.3 Å². The SMILES string of the molecule is CC1(C)CC(=O)c2c(CCC(O)=C3C(=O)CC(c4ccccc4)CC3=NCC(=O)O)noc2C1. The zero-order valence-electron chi connectivity index (χ0n) is 19.3. The third kappa shape index (κ3) is 5.00. The minimum absolute atomic E-state index is 0.0298. The number of rotatable bonds is 6. The summed E-state index contributed by atoms with van der Waals surface area (Å²) in [5, 5.41) is 24.0. The molecule has 1 saturated carbocycles. The second-order valence-corrected chi connectivity index (χ2v) is 9.79. The summed E-state index contributed by atoms with van der Waals surface area (Å²) < 4.78 is 5.42. The third-order valence-corrected chi connectivity index (χ3v) is 6.39. The topological polar surface area (TPSA) is 130 Å². The predicted octanol–water partition coefficient (Wildman–Crippen LogP) is 4.25. The molecule has 0 saturated heterocycles. The third-order valence-electron chi connectivity index (χ3n) is 6.39. The molecule has 0 aliphatic heterocycles. The number of carbonyl (C=O) groups excluding carboxylic acids is 2. The first-order valence-corrected chi connectivity index (χ1v) is 11.4. The lowest BCUT2D eigenvalue weighted by Crippen LogP contribution is -2.27. The van der Waals surface area contributed by atoms with Crippen LogP contribution in [0.3, 0.4) is 0 Å². The van der Waals surface area contributed by atoms with Crippen LogP contribution in [0, 0.1) is 5.41 Å². The summed E-state index contributed by atoms with van der Waals surface area (Å²) in [7, 11) is 0. The molecule has 2 aliphatic carbocycles. The molecule has 34 heavy (non-hydrogen) atoms. The van der Waals surface area contributed by atoms with Crippen molar-refractivity contribution >= 4 is 23.2 Å². The number of fused-ring (bicyclic) bond motifs is 1. The Bertz CT molecular complexity index is 1190. The maximum atomic E-state index is 13.1. The highest BCUT2D eigenvalue weighted by atomic mass is 16.5. The Morgan fingerprint density at radius 2 is 1.85 bits per heavy atom. The van der Waals surface area contributed by atoms with Gasteiger partial charge in [0.15, 0.2) is 11.6 Å². The fourth-order valence-corrected chi connectivity index (χ4v) is 4.84. The number of hydrogen-bond acceptors (Lipinski definition) is 7. The van der Waals surface area contributed by atoms with Gasteiger partial charge >= 0.3 is 5.97 Å². The molecule has 1 aromatic carbocycles.